The second-order valence-electron chi connectivity index (χ2n) is 1.86. The molecular formula is C6H10O3. The molecule has 3 nitrogen and oxygen atoms in total. The molecule has 0 aliphatic carbocycles. The number of Topliss-reactive ketones (excluding diaryl/α,β-unsaturated/α-hetero) is 1. The summed E-state index contributed by atoms with van der Waals surface area (Å²) in [6.45, 7) is 4.21. The normalized spacial score (nSPS) is 12.3. The average Bonchev–Trinajstić information content (AvgIpc) is 1.63. The van der Waals surface area contributed by atoms with Crippen molar-refractivity contribution in [3.8, 4) is 0 Å². The maximum atomic E-state index is 10.4. The fraction of sp³-hybridized carbons (Fsp3) is 0.667. The predicted octanol–water partition coefficient (Wildman–Crippen LogP) is 0.527. The topological polar surface area (TPSA) is 43.4 Å². The van der Waals surface area contributed by atoms with Gasteiger partial charge in [0.25, 0.3) is 0 Å². The van der Waals surface area contributed by atoms with Gasteiger partial charge >= 0.3 is 5.97 Å². The lowest BCUT2D eigenvalue weighted by Gasteiger charge is -2.05. The van der Waals surface area contributed by atoms with Gasteiger partial charge < -0.3 is 4.74 Å². The van der Waals surface area contributed by atoms with Crippen LogP contribution in [0.2, 0.25) is 0 Å². The van der Waals surface area contributed by atoms with E-state index in [2.05, 4.69) is 4.74 Å². The van der Waals surface area contributed by atoms with Crippen molar-refractivity contribution in [2.45, 2.75) is 26.9 Å². The molecule has 0 spiro atoms. The monoisotopic (exact) mass is 130 g/mol. The van der Waals surface area contributed by atoms with Crippen molar-refractivity contribution >= 4 is 11.8 Å². The van der Waals surface area contributed by atoms with E-state index in [4.69, 9.17) is 0 Å². The molecule has 1 unspecified atom stereocenters. The molecule has 0 fully saturated rings. The first kappa shape index (κ1) is 8.14. The van der Waals surface area contributed by atoms with E-state index in [-0.39, 0.29) is 5.78 Å². The number of hydrogen-bond donors (Lipinski definition) is 0. The highest BCUT2D eigenvalue weighted by atomic mass is 16.5. The predicted molar refractivity (Wildman–Crippen MR) is 31.9 cm³/mol. The van der Waals surface area contributed by atoms with E-state index >= 15 is 0 Å². The molecule has 0 aliphatic heterocycles. The standard InChI is InChI=1S/C6H10O3/c1-4(7)5(2)9-6(3)8/h5H,1-3H3. The highest BCUT2D eigenvalue weighted by Gasteiger charge is 2.08. The molecule has 0 aromatic heterocycles. The molecule has 0 N–H and O–H groups in total. The first-order valence-electron chi connectivity index (χ1n) is 2.71. The van der Waals surface area contributed by atoms with Crippen molar-refractivity contribution in [2.24, 2.45) is 0 Å². The molecule has 0 bridgehead atoms. The fourth-order valence-corrected chi connectivity index (χ4v) is 0.332. The molecule has 0 saturated carbocycles. The molecule has 0 aromatic rings. The summed E-state index contributed by atoms with van der Waals surface area (Å²) in [5.74, 6) is -0.553. The Bertz CT molecular complexity index is 128. The second kappa shape index (κ2) is 3.22. The van der Waals surface area contributed by atoms with E-state index in [1.165, 1.54) is 13.8 Å². The van der Waals surface area contributed by atoms with Crippen LogP contribution in [-0.2, 0) is 14.3 Å². The highest BCUT2D eigenvalue weighted by Crippen LogP contribution is 1.91. The molecule has 52 valence electrons. The van der Waals surface area contributed by atoms with Crippen molar-refractivity contribution in [3.05, 3.63) is 0 Å². The van der Waals surface area contributed by atoms with E-state index < -0.39 is 12.1 Å². The third-order valence-corrected chi connectivity index (χ3v) is 0.915. The minimum Gasteiger partial charge on any atom is -0.455 e. The maximum absolute atomic E-state index is 10.4. The lowest BCUT2D eigenvalue weighted by Crippen LogP contribution is -2.19. The highest BCUT2D eigenvalue weighted by molar-refractivity contribution is 5.82. The largest absolute Gasteiger partial charge is 0.455 e. The first-order chi connectivity index (χ1) is 4.04. The van der Waals surface area contributed by atoms with Gasteiger partial charge in [0.05, 0.1) is 0 Å². The first-order valence-corrected chi connectivity index (χ1v) is 2.71. The van der Waals surface area contributed by atoms with Crippen molar-refractivity contribution in [2.75, 3.05) is 0 Å². The molecule has 0 radical (unpaired) electrons. The molecule has 0 aliphatic rings. The van der Waals surface area contributed by atoms with Crippen molar-refractivity contribution in [1.82, 2.24) is 0 Å². The molecule has 1 atom stereocenters. The van der Waals surface area contributed by atoms with Crippen molar-refractivity contribution < 1.29 is 14.3 Å². The fourth-order valence-electron chi connectivity index (χ4n) is 0.332. The van der Waals surface area contributed by atoms with Gasteiger partial charge in [-0.05, 0) is 13.8 Å². The summed E-state index contributed by atoms with van der Waals surface area (Å²) in [5.41, 5.74) is 0. The summed E-state index contributed by atoms with van der Waals surface area (Å²) in [5, 5.41) is 0. The van der Waals surface area contributed by atoms with Gasteiger partial charge in [0.2, 0.25) is 0 Å². The molecular weight excluding hydrogens is 120 g/mol. The third-order valence-electron chi connectivity index (χ3n) is 0.915. The van der Waals surface area contributed by atoms with Crippen LogP contribution in [0.1, 0.15) is 20.8 Å². The zero-order valence-electron chi connectivity index (χ0n) is 5.80. The van der Waals surface area contributed by atoms with E-state index in [1.54, 1.807) is 6.92 Å². The van der Waals surface area contributed by atoms with E-state index in [0.29, 0.717) is 0 Å². The third kappa shape index (κ3) is 3.70. The summed E-state index contributed by atoms with van der Waals surface area (Å²) in [6, 6.07) is 0. The molecule has 0 rings (SSSR count). The van der Waals surface area contributed by atoms with Crippen LogP contribution in [0.5, 0.6) is 0 Å². The zero-order chi connectivity index (χ0) is 7.44. The van der Waals surface area contributed by atoms with Crippen LogP contribution >= 0.6 is 0 Å². The maximum Gasteiger partial charge on any atom is 0.303 e. The minimum atomic E-state index is -0.595. The minimum absolute atomic E-state index is 0.134. The Hall–Kier alpha value is -0.860. The Morgan fingerprint density at radius 2 is 1.78 bits per heavy atom. The summed E-state index contributed by atoms with van der Waals surface area (Å²) in [7, 11) is 0. The molecule has 0 aromatic carbocycles. The molecule has 0 amide bonds. The van der Waals surface area contributed by atoms with E-state index in [0.717, 1.165) is 0 Å². The van der Waals surface area contributed by atoms with Gasteiger partial charge in [-0.2, -0.15) is 0 Å². The number of carbonyl (C=O) groups excluding carboxylic acids is 2. The van der Waals surface area contributed by atoms with Crippen LogP contribution < -0.4 is 0 Å². The molecule has 9 heavy (non-hydrogen) atoms. The summed E-state index contributed by atoms with van der Waals surface area (Å²) in [4.78, 5) is 20.6. The van der Waals surface area contributed by atoms with E-state index in [9.17, 15) is 9.59 Å². The van der Waals surface area contributed by atoms with Crippen molar-refractivity contribution in [1.29, 1.82) is 0 Å². The number of carbonyl (C=O) groups is 2. The van der Waals surface area contributed by atoms with Crippen LogP contribution in [0.15, 0.2) is 0 Å². The van der Waals surface area contributed by atoms with Crippen LogP contribution in [0, 0.1) is 0 Å². The van der Waals surface area contributed by atoms with Gasteiger partial charge in [0, 0.05) is 6.92 Å². The van der Waals surface area contributed by atoms with E-state index in [1.807, 2.05) is 0 Å². The Morgan fingerprint density at radius 1 is 1.33 bits per heavy atom. The van der Waals surface area contributed by atoms with Gasteiger partial charge in [-0.3, -0.25) is 9.59 Å². The second-order valence-corrected chi connectivity index (χ2v) is 1.86. The number of rotatable bonds is 2. The number of ether oxygens (including phenoxy) is 1. The molecule has 0 heterocycles. The zero-order valence-corrected chi connectivity index (χ0v) is 5.80. The smallest absolute Gasteiger partial charge is 0.303 e. The van der Waals surface area contributed by atoms with Crippen molar-refractivity contribution in [3.63, 3.8) is 0 Å². The summed E-state index contributed by atoms with van der Waals surface area (Å²) >= 11 is 0. The Morgan fingerprint density at radius 3 is 1.89 bits per heavy atom. The molecule has 0 saturated heterocycles. The Kier molecular flexibility index (Phi) is 2.91. The number of ketones is 1. The van der Waals surface area contributed by atoms with Crippen LogP contribution in [0.4, 0.5) is 0 Å². The lowest BCUT2D eigenvalue weighted by atomic mass is 10.3. The van der Waals surface area contributed by atoms with Gasteiger partial charge in [-0.15, -0.1) is 0 Å². The Labute approximate surface area is 54.0 Å². The molecule has 3 heteroatoms. The number of hydrogen-bond acceptors (Lipinski definition) is 3. The number of esters is 1. The van der Waals surface area contributed by atoms with Crippen LogP contribution in [0.25, 0.3) is 0 Å². The van der Waals surface area contributed by atoms with Gasteiger partial charge in [-0.25, -0.2) is 0 Å². The Balaban J connectivity index is 3.63. The lowest BCUT2D eigenvalue weighted by molar-refractivity contribution is -0.151. The van der Waals surface area contributed by atoms with Gasteiger partial charge in [0.15, 0.2) is 11.9 Å². The van der Waals surface area contributed by atoms with Gasteiger partial charge in [0.1, 0.15) is 0 Å². The van der Waals surface area contributed by atoms with Crippen LogP contribution in [-0.4, -0.2) is 17.9 Å². The quantitative estimate of drug-likeness (QED) is 0.512. The average molecular weight is 130 g/mol. The summed E-state index contributed by atoms with van der Waals surface area (Å²) < 4.78 is 4.52. The van der Waals surface area contributed by atoms with Crippen LogP contribution in [0.3, 0.4) is 0 Å². The van der Waals surface area contributed by atoms with Gasteiger partial charge in [-0.1, -0.05) is 0 Å². The SMILES string of the molecule is CC(=O)OC(C)C(C)=O. The summed E-state index contributed by atoms with van der Waals surface area (Å²) in [6.07, 6.45) is -0.595.